The number of anilines is 1. The molecule has 36 heavy (non-hydrogen) atoms. The Morgan fingerprint density at radius 2 is 1.86 bits per heavy atom. The van der Waals surface area contributed by atoms with Crippen LogP contribution in [0.4, 0.5) is 5.69 Å². The summed E-state index contributed by atoms with van der Waals surface area (Å²) in [4.78, 5) is 13.2. The lowest BCUT2D eigenvalue weighted by molar-refractivity contribution is 0.0925. The topological polar surface area (TPSA) is 111 Å². The van der Waals surface area contributed by atoms with Gasteiger partial charge in [0.2, 0.25) is 0 Å². The summed E-state index contributed by atoms with van der Waals surface area (Å²) in [6, 6.07) is 15.7. The van der Waals surface area contributed by atoms with Crippen molar-refractivity contribution >= 4 is 11.6 Å². The van der Waals surface area contributed by atoms with Crippen LogP contribution in [-0.2, 0) is 0 Å². The van der Waals surface area contributed by atoms with Gasteiger partial charge in [0.25, 0.3) is 5.91 Å². The molecule has 6 rings (SSSR count). The quantitative estimate of drug-likeness (QED) is 0.325. The molecule has 2 aromatic rings. The van der Waals surface area contributed by atoms with Gasteiger partial charge in [-0.3, -0.25) is 10.1 Å². The van der Waals surface area contributed by atoms with E-state index in [0.717, 1.165) is 56.0 Å². The van der Waals surface area contributed by atoms with E-state index >= 15 is 0 Å². The zero-order valence-corrected chi connectivity index (χ0v) is 20.6. The Labute approximate surface area is 212 Å². The van der Waals surface area contributed by atoms with E-state index in [1.165, 1.54) is 12.8 Å². The predicted octanol–water partition coefficient (Wildman–Crippen LogP) is 1.43. The summed E-state index contributed by atoms with van der Waals surface area (Å²) in [5.41, 5.74) is 9.49. The van der Waals surface area contributed by atoms with Gasteiger partial charge in [-0.1, -0.05) is 24.3 Å². The molecule has 192 valence electrons. The third-order valence-corrected chi connectivity index (χ3v) is 8.11. The maximum absolute atomic E-state index is 13.2. The molecule has 4 heterocycles. The maximum atomic E-state index is 13.2. The molecule has 9 heteroatoms. The number of carbonyl (C=O) groups excluding carboxylic acids is 1. The first kappa shape index (κ1) is 23.7. The molecular formula is C27H37N7O2. The lowest BCUT2D eigenvalue weighted by atomic mass is 9.92. The first-order valence-electron chi connectivity index (χ1n) is 13.3. The Morgan fingerprint density at radius 3 is 2.72 bits per heavy atom. The third-order valence-electron chi connectivity index (χ3n) is 8.11. The monoisotopic (exact) mass is 491 g/mol. The molecule has 0 radical (unpaired) electrons. The molecule has 2 unspecified atom stereocenters. The Bertz CT molecular complexity index is 1070. The highest BCUT2D eigenvalue weighted by atomic mass is 16.5. The van der Waals surface area contributed by atoms with Crippen LogP contribution in [-0.4, -0.2) is 56.6 Å². The highest BCUT2D eigenvalue weighted by Gasteiger charge is 2.46. The van der Waals surface area contributed by atoms with Crippen molar-refractivity contribution in [3.05, 3.63) is 59.7 Å². The van der Waals surface area contributed by atoms with Crippen molar-refractivity contribution in [2.24, 2.45) is 5.92 Å². The van der Waals surface area contributed by atoms with Crippen LogP contribution in [0.5, 0.6) is 5.75 Å². The smallest absolute Gasteiger partial charge is 0.251 e. The van der Waals surface area contributed by atoms with Gasteiger partial charge in [-0.25, -0.2) is 10.9 Å². The van der Waals surface area contributed by atoms with Gasteiger partial charge in [-0.15, -0.1) is 0 Å². The molecule has 4 atom stereocenters. The fraction of sp³-hybridized carbons (Fsp3) is 0.519. The number of ether oxygens (including phenoxy) is 1. The van der Waals surface area contributed by atoms with Gasteiger partial charge >= 0.3 is 0 Å². The lowest BCUT2D eigenvalue weighted by Gasteiger charge is -2.37. The van der Waals surface area contributed by atoms with E-state index in [4.69, 9.17) is 4.74 Å². The van der Waals surface area contributed by atoms with Crippen LogP contribution < -0.4 is 42.2 Å². The van der Waals surface area contributed by atoms with Gasteiger partial charge in [-0.2, -0.15) is 0 Å². The van der Waals surface area contributed by atoms with Crippen molar-refractivity contribution in [1.82, 2.24) is 32.1 Å². The largest absolute Gasteiger partial charge is 0.493 e. The van der Waals surface area contributed by atoms with E-state index < -0.39 is 0 Å². The molecule has 3 fully saturated rings. The van der Waals surface area contributed by atoms with Crippen LogP contribution >= 0.6 is 0 Å². The molecule has 0 aromatic heterocycles. The highest BCUT2D eigenvalue weighted by molar-refractivity contribution is 5.95. The number of piperidine rings is 1. The molecule has 2 aromatic carbocycles. The number of rotatable bonds is 6. The van der Waals surface area contributed by atoms with E-state index in [9.17, 15) is 4.79 Å². The van der Waals surface area contributed by atoms with Gasteiger partial charge in [0, 0.05) is 29.8 Å². The van der Waals surface area contributed by atoms with Crippen molar-refractivity contribution in [2.75, 3.05) is 38.1 Å². The first-order valence-corrected chi connectivity index (χ1v) is 13.3. The molecular weight excluding hydrogens is 454 g/mol. The zero-order chi connectivity index (χ0) is 24.4. The average Bonchev–Trinajstić information content (AvgIpc) is 3.61. The van der Waals surface area contributed by atoms with E-state index in [-0.39, 0.29) is 29.8 Å². The summed E-state index contributed by atoms with van der Waals surface area (Å²) in [6.45, 7) is 4.55. The summed E-state index contributed by atoms with van der Waals surface area (Å²) >= 11 is 0. The Morgan fingerprint density at radius 1 is 0.972 bits per heavy atom. The average molecular weight is 492 g/mol. The molecule has 4 aliphatic heterocycles. The highest BCUT2D eigenvalue weighted by Crippen LogP contribution is 2.32. The van der Waals surface area contributed by atoms with E-state index in [1.54, 1.807) is 0 Å². The van der Waals surface area contributed by atoms with Gasteiger partial charge in [0.05, 0.1) is 30.5 Å². The van der Waals surface area contributed by atoms with Crippen LogP contribution in [0.1, 0.15) is 47.6 Å². The minimum atomic E-state index is -0.205. The molecule has 3 saturated heterocycles. The molecule has 1 amide bonds. The standard InChI is InChI=1S/C27H37N7O2/c35-25(30-22-10-15-36-23-7-2-1-6-21(22)23)19-4-3-5-20(16-19)32-27(11-14-29-17-27)26-31-24(33-34-26)18-8-12-28-13-9-18/h1-7,16,18,22,24,26,28-29,31-34H,8-15,17H2,(H,30,35)/t22-,24?,26?,27-/m0/s1. The van der Waals surface area contributed by atoms with Crippen molar-refractivity contribution in [3.8, 4) is 5.75 Å². The number of amides is 1. The van der Waals surface area contributed by atoms with Gasteiger partial charge in [0.15, 0.2) is 0 Å². The summed E-state index contributed by atoms with van der Waals surface area (Å²) in [6.07, 6.45) is 4.42. The summed E-state index contributed by atoms with van der Waals surface area (Å²) in [5, 5.41) is 17.8. The van der Waals surface area contributed by atoms with E-state index in [2.05, 4.69) is 37.4 Å². The minimum Gasteiger partial charge on any atom is -0.493 e. The zero-order valence-electron chi connectivity index (χ0n) is 20.6. The number of hydrazine groups is 1. The number of para-hydroxylation sites is 1. The van der Waals surface area contributed by atoms with E-state index in [1.807, 2.05) is 48.5 Å². The van der Waals surface area contributed by atoms with Gasteiger partial charge < -0.3 is 26.0 Å². The van der Waals surface area contributed by atoms with Crippen LogP contribution in [0.25, 0.3) is 0 Å². The summed E-state index contributed by atoms with van der Waals surface area (Å²) < 4.78 is 5.75. The molecule has 7 N–H and O–H groups in total. The second-order valence-corrected chi connectivity index (χ2v) is 10.4. The van der Waals surface area contributed by atoms with E-state index in [0.29, 0.717) is 18.1 Å². The Hall–Kier alpha value is -2.69. The van der Waals surface area contributed by atoms with Crippen LogP contribution in [0.15, 0.2) is 48.5 Å². The lowest BCUT2D eigenvalue weighted by Crippen LogP contribution is -2.60. The van der Waals surface area contributed by atoms with Crippen molar-refractivity contribution < 1.29 is 9.53 Å². The maximum Gasteiger partial charge on any atom is 0.251 e. The molecule has 0 aliphatic carbocycles. The number of hydrogen-bond acceptors (Lipinski definition) is 8. The number of benzene rings is 2. The van der Waals surface area contributed by atoms with Crippen molar-refractivity contribution in [3.63, 3.8) is 0 Å². The van der Waals surface area contributed by atoms with Crippen LogP contribution in [0.2, 0.25) is 0 Å². The molecule has 0 spiro atoms. The normalized spacial score (nSPS) is 30.4. The minimum absolute atomic E-state index is 0.0469. The first-order chi connectivity index (χ1) is 17.7. The SMILES string of the molecule is O=C(N[C@H]1CCOc2ccccc21)c1cccc(N[C@@]2(C3NNC(C4CCNCC4)N3)CCNC2)c1. The van der Waals surface area contributed by atoms with Crippen LogP contribution in [0, 0.1) is 5.92 Å². The second-order valence-electron chi connectivity index (χ2n) is 10.4. The van der Waals surface area contributed by atoms with Crippen molar-refractivity contribution in [1.29, 1.82) is 0 Å². The number of carbonyl (C=O) groups is 1. The summed E-state index contributed by atoms with van der Waals surface area (Å²) in [7, 11) is 0. The number of hydrogen-bond donors (Lipinski definition) is 7. The van der Waals surface area contributed by atoms with Crippen LogP contribution in [0.3, 0.4) is 0 Å². The van der Waals surface area contributed by atoms with Gasteiger partial charge in [0.1, 0.15) is 5.75 Å². The number of nitrogens with one attached hydrogen (secondary N) is 7. The third kappa shape index (κ3) is 4.81. The Balaban J connectivity index is 1.14. The fourth-order valence-electron chi connectivity index (χ4n) is 6.06. The molecule has 9 nitrogen and oxygen atoms in total. The molecule has 4 aliphatic rings. The summed E-state index contributed by atoms with van der Waals surface area (Å²) in [5.74, 6) is 1.40. The van der Waals surface area contributed by atoms with Crippen molar-refractivity contribution in [2.45, 2.75) is 49.6 Å². The number of fused-ring (bicyclic) bond motifs is 1. The predicted molar refractivity (Wildman–Crippen MR) is 140 cm³/mol. The Kier molecular flexibility index (Phi) is 6.81. The second kappa shape index (κ2) is 10.4. The molecule has 0 saturated carbocycles. The fourth-order valence-corrected chi connectivity index (χ4v) is 6.06. The molecule has 0 bridgehead atoms. The van der Waals surface area contributed by atoms with Gasteiger partial charge in [-0.05, 0) is 69.1 Å².